The smallest absolute Gasteiger partial charge is 0.173 e. The molecule has 0 atom stereocenters. The number of rotatable bonds is 5. The summed E-state index contributed by atoms with van der Waals surface area (Å²) in [5.74, 6) is -0.533. The third-order valence-electron chi connectivity index (χ3n) is 2.96. The topological polar surface area (TPSA) is 24.5 Å². The maximum atomic E-state index is 13.5. The molecule has 0 spiro atoms. The van der Waals surface area contributed by atoms with Gasteiger partial charge in [0.25, 0.3) is 0 Å². The molecular formula is C16H16F2N2OS. The molecule has 116 valence electrons. The van der Waals surface area contributed by atoms with Crippen LogP contribution in [-0.4, -0.2) is 30.2 Å². The minimum Gasteiger partial charge on any atom is -0.492 e. The van der Waals surface area contributed by atoms with Gasteiger partial charge in [-0.3, -0.25) is 0 Å². The summed E-state index contributed by atoms with van der Waals surface area (Å²) in [6.07, 6.45) is 0. The van der Waals surface area contributed by atoms with E-state index in [1.165, 1.54) is 12.1 Å². The van der Waals surface area contributed by atoms with E-state index in [0.717, 1.165) is 11.8 Å². The molecule has 0 aliphatic rings. The van der Waals surface area contributed by atoms with Crippen LogP contribution in [0.3, 0.4) is 0 Å². The Morgan fingerprint density at radius 3 is 2.59 bits per heavy atom. The van der Waals surface area contributed by atoms with E-state index in [-0.39, 0.29) is 5.69 Å². The van der Waals surface area contributed by atoms with Gasteiger partial charge in [0, 0.05) is 13.1 Å². The van der Waals surface area contributed by atoms with Crippen molar-refractivity contribution < 1.29 is 13.5 Å². The average Bonchev–Trinajstić information content (AvgIpc) is 2.51. The Balaban J connectivity index is 1.82. The highest BCUT2D eigenvalue weighted by Crippen LogP contribution is 2.15. The number of thiocarbonyl (C=S) groups is 1. The summed E-state index contributed by atoms with van der Waals surface area (Å²) in [5.41, 5.74) is 0.141. The molecule has 0 aliphatic heterocycles. The highest BCUT2D eigenvalue weighted by Gasteiger charge is 2.09. The Hall–Kier alpha value is -2.21. The van der Waals surface area contributed by atoms with E-state index in [2.05, 4.69) is 5.32 Å². The summed E-state index contributed by atoms with van der Waals surface area (Å²) in [5, 5.41) is 3.08. The van der Waals surface area contributed by atoms with Gasteiger partial charge in [0.1, 0.15) is 24.0 Å². The standard InChI is InChI=1S/C16H16F2N2OS/c1-20(9-10-21-13-5-3-2-4-6-13)16(22)19-15-8-7-12(17)11-14(15)18/h2-8,11H,9-10H2,1H3,(H,19,22). The first-order valence-electron chi connectivity index (χ1n) is 6.71. The van der Waals surface area contributed by atoms with Crippen molar-refractivity contribution in [3.8, 4) is 5.75 Å². The van der Waals surface area contributed by atoms with E-state index in [9.17, 15) is 8.78 Å². The summed E-state index contributed by atoms with van der Waals surface area (Å²) in [4.78, 5) is 1.72. The number of benzene rings is 2. The van der Waals surface area contributed by atoms with Crippen LogP contribution in [0.2, 0.25) is 0 Å². The van der Waals surface area contributed by atoms with Crippen LogP contribution in [0.4, 0.5) is 14.5 Å². The van der Waals surface area contributed by atoms with Gasteiger partial charge in [-0.1, -0.05) is 18.2 Å². The third kappa shape index (κ3) is 4.66. The summed E-state index contributed by atoms with van der Waals surface area (Å²) in [7, 11) is 1.77. The molecule has 0 saturated carbocycles. The molecule has 0 saturated heterocycles. The lowest BCUT2D eigenvalue weighted by molar-refractivity contribution is 0.285. The zero-order valence-corrected chi connectivity index (χ0v) is 12.9. The molecule has 0 aromatic heterocycles. The maximum Gasteiger partial charge on any atom is 0.173 e. The normalized spacial score (nSPS) is 10.1. The van der Waals surface area contributed by atoms with Crippen LogP contribution >= 0.6 is 12.2 Å². The number of nitrogens with one attached hydrogen (secondary N) is 1. The van der Waals surface area contributed by atoms with Crippen molar-refractivity contribution in [3.05, 3.63) is 60.2 Å². The number of nitrogens with zero attached hydrogens (tertiary/aromatic N) is 1. The molecule has 1 N–H and O–H groups in total. The van der Waals surface area contributed by atoms with E-state index in [1.54, 1.807) is 11.9 Å². The number of likely N-dealkylation sites (N-methyl/N-ethyl adjacent to an activating group) is 1. The Labute approximate surface area is 133 Å². The van der Waals surface area contributed by atoms with Crippen LogP contribution in [-0.2, 0) is 0 Å². The Morgan fingerprint density at radius 1 is 1.18 bits per heavy atom. The van der Waals surface area contributed by atoms with Gasteiger partial charge in [-0.15, -0.1) is 0 Å². The van der Waals surface area contributed by atoms with Gasteiger partial charge in [0.15, 0.2) is 5.11 Å². The first-order chi connectivity index (χ1) is 10.6. The number of halogens is 2. The molecule has 2 aromatic carbocycles. The van der Waals surface area contributed by atoms with Crippen LogP contribution < -0.4 is 10.1 Å². The zero-order chi connectivity index (χ0) is 15.9. The van der Waals surface area contributed by atoms with Crippen molar-refractivity contribution in [1.82, 2.24) is 4.90 Å². The average molecular weight is 322 g/mol. The van der Waals surface area contributed by atoms with Crippen LogP contribution in [0.25, 0.3) is 0 Å². The van der Waals surface area contributed by atoms with Crippen molar-refractivity contribution >= 4 is 23.0 Å². The molecular weight excluding hydrogens is 306 g/mol. The lowest BCUT2D eigenvalue weighted by Gasteiger charge is -2.21. The van der Waals surface area contributed by atoms with Crippen molar-refractivity contribution in [2.24, 2.45) is 0 Å². The number of ether oxygens (including phenoxy) is 1. The van der Waals surface area contributed by atoms with Gasteiger partial charge in [-0.05, 0) is 36.5 Å². The van der Waals surface area contributed by atoms with E-state index >= 15 is 0 Å². The maximum absolute atomic E-state index is 13.5. The Morgan fingerprint density at radius 2 is 1.91 bits per heavy atom. The second kappa shape index (κ2) is 7.70. The molecule has 0 unspecified atom stereocenters. The fourth-order valence-electron chi connectivity index (χ4n) is 1.72. The van der Waals surface area contributed by atoms with Crippen LogP contribution in [0.1, 0.15) is 0 Å². The largest absolute Gasteiger partial charge is 0.492 e. The highest BCUT2D eigenvalue weighted by molar-refractivity contribution is 7.80. The molecule has 2 rings (SSSR count). The highest BCUT2D eigenvalue weighted by atomic mass is 32.1. The van der Waals surface area contributed by atoms with E-state index < -0.39 is 11.6 Å². The fourth-order valence-corrected chi connectivity index (χ4v) is 1.92. The molecule has 0 amide bonds. The van der Waals surface area contributed by atoms with Crippen molar-refractivity contribution in [2.75, 3.05) is 25.5 Å². The Bertz CT molecular complexity index is 637. The second-order valence-electron chi connectivity index (χ2n) is 4.64. The zero-order valence-electron chi connectivity index (χ0n) is 12.1. The SMILES string of the molecule is CN(CCOc1ccccc1)C(=S)Nc1ccc(F)cc1F. The molecule has 0 fully saturated rings. The lowest BCUT2D eigenvalue weighted by Crippen LogP contribution is -2.34. The van der Waals surface area contributed by atoms with Crippen molar-refractivity contribution in [2.45, 2.75) is 0 Å². The quantitative estimate of drug-likeness (QED) is 0.849. The summed E-state index contributed by atoms with van der Waals surface area (Å²) >= 11 is 5.18. The lowest BCUT2D eigenvalue weighted by atomic mass is 10.3. The second-order valence-corrected chi connectivity index (χ2v) is 5.02. The van der Waals surface area contributed by atoms with Gasteiger partial charge >= 0.3 is 0 Å². The molecule has 0 bridgehead atoms. The van der Waals surface area contributed by atoms with Crippen LogP contribution in [0.5, 0.6) is 5.75 Å². The first-order valence-corrected chi connectivity index (χ1v) is 7.12. The molecule has 3 nitrogen and oxygen atoms in total. The molecule has 2 aromatic rings. The summed E-state index contributed by atoms with van der Waals surface area (Å²) < 4.78 is 31.9. The summed E-state index contributed by atoms with van der Waals surface area (Å²) in [6.45, 7) is 0.970. The van der Waals surface area contributed by atoms with Gasteiger partial charge < -0.3 is 15.0 Å². The molecule has 0 aliphatic carbocycles. The van der Waals surface area contributed by atoms with Gasteiger partial charge in [0.05, 0.1) is 12.2 Å². The number of anilines is 1. The third-order valence-corrected chi connectivity index (χ3v) is 3.37. The Kier molecular flexibility index (Phi) is 5.66. The van der Waals surface area contributed by atoms with Gasteiger partial charge in [-0.2, -0.15) is 0 Å². The summed E-state index contributed by atoms with van der Waals surface area (Å²) in [6, 6.07) is 12.7. The van der Waals surface area contributed by atoms with Crippen molar-refractivity contribution in [1.29, 1.82) is 0 Å². The number of para-hydroxylation sites is 1. The van der Waals surface area contributed by atoms with Gasteiger partial charge in [-0.25, -0.2) is 8.78 Å². The monoisotopic (exact) mass is 322 g/mol. The minimum absolute atomic E-state index is 0.141. The molecule has 22 heavy (non-hydrogen) atoms. The van der Waals surface area contributed by atoms with E-state index in [0.29, 0.717) is 18.3 Å². The number of hydrogen-bond acceptors (Lipinski definition) is 2. The van der Waals surface area contributed by atoms with Crippen LogP contribution in [0.15, 0.2) is 48.5 Å². The molecule has 6 heteroatoms. The van der Waals surface area contributed by atoms with Crippen LogP contribution in [0, 0.1) is 11.6 Å². The van der Waals surface area contributed by atoms with Gasteiger partial charge in [0.2, 0.25) is 0 Å². The van der Waals surface area contributed by atoms with E-state index in [4.69, 9.17) is 17.0 Å². The fraction of sp³-hybridized carbons (Fsp3) is 0.188. The van der Waals surface area contributed by atoms with E-state index in [1.807, 2.05) is 30.3 Å². The molecule has 0 radical (unpaired) electrons. The molecule has 0 heterocycles. The number of hydrogen-bond donors (Lipinski definition) is 1. The first kappa shape index (κ1) is 16.2. The predicted octanol–water partition coefficient (Wildman–Crippen LogP) is 3.67. The van der Waals surface area contributed by atoms with Crippen molar-refractivity contribution in [3.63, 3.8) is 0 Å². The predicted molar refractivity (Wildman–Crippen MR) is 87.1 cm³/mol. The minimum atomic E-state index is -0.684.